The van der Waals surface area contributed by atoms with Gasteiger partial charge in [-0.3, -0.25) is 14.4 Å². The van der Waals surface area contributed by atoms with Gasteiger partial charge in [0.05, 0.1) is 35.9 Å². The van der Waals surface area contributed by atoms with Gasteiger partial charge >= 0.3 is 11.9 Å². The molecule has 0 aromatic heterocycles. The van der Waals surface area contributed by atoms with Crippen molar-refractivity contribution in [2.24, 2.45) is 34.5 Å². The summed E-state index contributed by atoms with van der Waals surface area (Å²) in [6.45, 7) is 4.95. The molecular weight excluding hydrogens is 496 g/mol. The molecule has 2 N–H and O–H groups in total. The molecule has 6 fully saturated rings. The molecule has 8 aliphatic rings. The fourth-order valence-electron chi connectivity index (χ4n) is 10.0. The van der Waals surface area contributed by atoms with Gasteiger partial charge in [0.25, 0.3) is 0 Å². The maximum atomic E-state index is 14.9. The SMILES string of the molecule is C[C@]12C(=O)C=CCC1=C[C@@H](O)[C@@H]1[C@@H]2CC[C@]2(O)C(=O)O[C@@]3(C)[C@H]4C[C@]5(C)[C@@H](CO[C@@]16O[C@@]32[C@H]5C6=O)C(=O)O4. The van der Waals surface area contributed by atoms with Crippen LogP contribution < -0.4 is 0 Å². The van der Waals surface area contributed by atoms with Crippen LogP contribution in [0.25, 0.3) is 0 Å². The van der Waals surface area contributed by atoms with Crippen molar-refractivity contribution in [3.8, 4) is 0 Å². The summed E-state index contributed by atoms with van der Waals surface area (Å²) in [6.07, 6.45) is 3.41. The molecule has 3 aliphatic carbocycles. The molecule has 10 heteroatoms. The molecule has 2 spiro atoms. The lowest BCUT2D eigenvalue weighted by Crippen LogP contribution is -2.79. The number of rotatable bonds is 0. The molecule has 5 heterocycles. The molecule has 12 atom stereocenters. The molecule has 0 amide bonds. The summed E-state index contributed by atoms with van der Waals surface area (Å²) in [4.78, 5) is 55.3. The summed E-state index contributed by atoms with van der Waals surface area (Å²) in [6, 6.07) is 0. The van der Waals surface area contributed by atoms with Crippen LogP contribution in [0.3, 0.4) is 0 Å². The number of carbonyl (C=O) groups is 4. The number of hydrogen-bond donors (Lipinski definition) is 2. The number of aliphatic hydroxyl groups excluding tert-OH is 1. The number of ether oxygens (including phenoxy) is 4. The molecule has 0 radical (unpaired) electrons. The maximum Gasteiger partial charge on any atom is 0.342 e. The van der Waals surface area contributed by atoms with Crippen molar-refractivity contribution in [3.63, 3.8) is 0 Å². The van der Waals surface area contributed by atoms with Gasteiger partial charge < -0.3 is 29.2 Å². The number of ketones is 2. The number of aliphatic hydroxyl groups is 2. The molecule has 38 heavy (non-hydrogen) atoms. The molecule has 202 valence electrons. The van der Waals surface area contributed by atoms with Crippen molar-refractivity contribution in [3.05, 3.63) is 23.8 Å². The highest BCUT2D eigenvalue weighted by Crippen LogP contribution is 2.75. The van der Waals surface area contributed by atoms with Crippen LogP contribution >= 0.6 is 0 Å². The third-order valence-corrected chi connectivity index (χ3v) is 12.0. The van der Waals surface area contributed by atoms with Gasteiger partial charge in [0, 0.05) is 0 Å². The molecule has 0 aromatic carbocycles. The molecule has 10 nitrogen and oxygen atoms in total. The smallest absolute Gasteiger partial charge is 0.342 e. The minimum atomic E-state index is -2.26. The highest BCUT2D eigenvalue weighted by molar-refractivity contribution is 6.01. The van der Waals surface area contributed by atoms with Crippen molar-refractivity contribution in [2.75, 3.05) is 6.61 Å². The Labute approximate surface area is 218 Å². The van der Waals surface area contributed by atoms with Crippen LogP contribution in [0, 0.1) is 34.5 Å². The predicted molar refractivity (Wildman–Crippen MR) is 124 cm³/mol. The van der Waals surface area contributed by atoms with Crippen molar-refractivity contribution in [1.29, 1.82) is 0 Å². The molecule has 5 aliphatic heterocycles. The minimum absolute atomic E-state index is 0.137. The quantitative estimate of drug-likeness (QED) is 0.339. The van der Waals surface area contributed by atoms with Gasteiger partial charge in [-0.25, -0.2) is 4.79 Å². The summed E-state index contributed by atoms with van der Waals surface area (Å²) in [5.41, 5.74) is -7.27. The number of Topliss-reactive ketones (excluding diaryl/α,β-unsaturated/α-hetero) is 1. The lowest BCUT2D eigenvalue weighted by Gasteiger charge is -2.63. The fraction of sp³-hybridized carbons (Fsp3) is 0.714. The zero-order chi connectivity index (χ0) is 26.8. The second-order valence-corrected chi connectivity index (χ2v) is 13.2. The zero-order valence-corrected chi connectivity index (χ0v) is 21.4. The fourth-order valence-corrected chi connectivity index (χ4v) is 10.0. The van der Waals surface area contributed by atoms with Gasteiger partial charge in [0.2, 0.25) is 5.79 Å². The van der Waals surface area contributed by atoms with Crippen molar-refractivity contribution in [2.45, 2.75) is 81.3 Å². The van der Waals surface area contributed by atoms with Crippen molar-refractivity contribution in [1.82, 2.24) is 0 Å². The van der Waals surface area contributed by atoms with E-state index in [9.17, 15) is 29.4 Å². The van der Waals surface area contributed by atoms with Crippen molar-refractivity contribution < 1.29 is 48.3 Å². The number of carbonyl (C=O) groups excluding carboxylic acids is 4. The third-order valence-electron chi connectivity index (χ3n) is 12.0. The van der Waals surface area contributed by atoms with Crippen LogP contribution in [0.1, 0.15) is 46.5 Å². The van der Waals surface area contributed by atoms with E-state index in [0.717, 1.165) is 5.57 Å². The summed E-state index contributed by atoms with van der Waals surface area (Å²) >= 11 is 0. The Morgan fingerprint density at radius 2 is 1.87 bits per heavy atom. The van der Waals surface area contributed by atoms with E-state index in [1.807, 2.05) is 0 Å². The van der Waals surface area contributed by atoms with Crippen LogP contribution in [0.15, 0.2) is 23.8 Å². The van der Waals surface area contributed by atoms with Crippen molar-refractivity contribution >= 4 is 23.5 Å². The molecule has 5 bridgehead atoms. The van der Waals surface area contributed by atoms with E-state index in [1.54, 1.807) is 32.9 Å². The van der Waals surface area contributed by atoms with E-state index in [0.29, 0.717) is 6.42 Å². The lowest BCUT2D eigenvalue weighted by atomic mass is 9.46. The maximum absolute atomic E-state index is 14.9. The number of allylic oxidation sites excluding steroid dienone is 3. The summed E-state index contributed by atoms with van der Waals surface area (Å²) in [7, 11) is 0. The van der Waals surface area contributed by atoms with Crippen LogP contribution in [-0.4, -0.2) is 75.1 Å². The molecule has 5 saturated heterocycles. The summed E-state index contributed by atoms with van der Waals surface area (Å²) in [5, 5.41) is 24.0. The Kier molecular flexibility index (Phi) is 3.91. The standard InChI is InChI=1S/C28H30O10/c1-23-10-17-25(3)28-19(23)20(31)27(38-28,35-11-14(23)21(32)36-17)18-13(7-8-26(28,34)22(33)37-25)24(2)12(9-15(18)29)5-4-6-16(24)30/h4,6,9,13-15,17-19,29,34H,5,7-8,10-11H2,1-3H3/t13-,14-,15+,17+,18-,19-,23+,24-,25-,26-,27+,28-/m0/s1. The molecule has 0 aromatic rings. The van der Waals surface area contributed by atoms with Crippen LogP contribution in [-0.2, 0) is 38.1 Å². The monoisotopic (exact) mass is 526 g/mol. The lowest BCUT2D eigenvalue weighted by molar-refractivity contribution is -0.378. The van der Waals surface area contributed by atoms with E-state index in [1.165, 1.54) is 6.08 Å². The van der Waals surface area contributed by atoms with E-state index >= 15 is 0 Å². The molecule has 1 saturated carbocycles. The first-order valence-electron chi connectivity index (χ1n) is 13.5. The highest BCUT2D eigenvalue weighted by atomic mass is 16.8. The topological polar surface area (TPSA) is 146 Å². The van der Waals surface area contributed by atoms with Gasteiger partial charge in [0.1, 0.15) is 6.10 Å². The predicted octanol–water partition coefficient (Wildman–Crippen LogP) is 0.528. The number of fused-ring (bicyclic) bond motifs is 5. The van der Waals surface area contributed by atoms with Gasteiger partial charge in [-0.05, 0) is 56.9 Å². The Balaban J connectivity index is 1.45. The first-order valence-corrected chi connectivity index (χ1v) is 13.5. The van der Waals surface area contributed by atoms with E-state index < -0.39 is 87.0 Å². The summed E-state index contributed by atoms with van der Waals surface area (Å²) < 4.78 is 24.9. The zero-order valence-electron chi connectivity index (χ0n) is 21.4. The Morgan fingerprint density at radius 3 is 2.63 bits per heavy atom. The van der Waals surface area contributed by atoms with Gasteiger partial charge in [-0.2, -0.15) is 0 Å². The molecule has 0 unspecified atom stereocenters. The Morgan fingerprint density at radius 1 is 1.11 bits per heavy atom. The minimum Gasteiger partial charge on any atom is -0.458 e. The first-order chi connectivity index (χ1) is 17.8. The van der Waals surface area contributed by atoms with Gasteiger partial charge in [-0.15, -0.1) is 0 Å². The van der Waals surface area contributed by atoms with Gasteiger partial charge in [-0.1, -0.05) is 24.6 Å². The Hall–Kier alpha value is -2.40. The highest BCUT2D eigenvalue weighted by Gasteiger charge is 2.93. The third kappa shape index (κ3) is 2.00. The van der Waals surface area contributed by atoms with Crippen LogP contribution in [0.2, 0.25) is 0 Å². The van der Waals surface area contributed by atoms with Gasteiger partial charge in [0.15, 0.2) is 28.4 Å². The summed E-state index contributed by atoms with van der Waals surface area (Å²) in [5.74, 6) is -8.00. The molecule has 8 rings (SSSR count). The average Bonchev–Trinajstić information content (AvgIpc) is 3.17. The van der Waals surface area contributed by atoms with E-state index in [4.69, 9.17) is 18.9 Å². The van der Waals surface area contributed by atoms with E-state index in [2.05, 4.69) is 0 Å². The van der Waals surface area contributed by atoms with Crippen LogP contribution in [0.4, 0.5) is 0 Å². The largest absolute Gasteiger partial charge is 0.458 e. The molecular formula is C28H30O10. The Bertz CT molecular complexity index is 1330. The average molecular weight is 527 g/mol. The first kappa shape index (κ1) is 23.5. The number of esters is 2. The second-order valence-electron chi connectivity index (χ2n) is 13.2. The number of hydrogen-bond acceptors (Lipinski definition) is 10. The second kappa shape index (κ2) is 6.32. The van der Waals surface area contributed by atoms with Crippen LogP contribution in [0.5, 0.6) is 0 Å². The van der Waals surface area contributed by atoms with E-state index in [-0.39, 0.29) is 31.7 Å². The normalized spacial score (nSPS) is 59.2.